The number of nitrogens with one attached hydrogen (secondary N) is 2. The number of hydrogen-bond acceptors (Lipinski definition) is 7. The second kappa shape index (κ2) is 11.6. The Morgan fingerprint density at radius 2 is 1.89 bits per heavy atom. The van der Waals surface area contributed by atoms with Crippen LogP contribution in [-0.2, 0) is 6.18 Å². The van der Waals surface area contributed by atoms with Crippen LogP contribution in [0.15, 0.2) is 36.8 Å². The summed E-state index contributed by atoms with van der Waals surface area (Å²) in [7, 11) is 0. The van der Waals surface area contributed by atoms with Crippen LogP contribution in [-0.4, -0.2) is 40.1 Å². The van der Waals surface area contributed by atoms with Crippen LogP contribution in [0.3, 0.4) is 0 Å². The number of rotatable bonds is 5. The first-order valence-electron chi connectivity index (χ1n) is 11.0. The van der Waals surface area contributed by atoms with Gasteiger partial charge in [-0.25, -0.2) is 18.7 Å². The van der Waals surface area contributed by atoms with Crippen molar-refractivity contribution in [1.82, 2.24) is 20.3 Å². The van der Waals surface area contributed by atoms with E-state index in [2.05, 4.69) is 25.6 Å². The summed E-state index contributed by atoms with van der Waals surface area (Å²) in [5.74, 6) is -3.55. The number of nitrogens with two attached hydrogens (primary N) is 1. The van der Waals surface area contributed by atoms with Crippen LogP contribution < -0.4 is 21.1 Å². The quantitative estimate of drug-likeness (QED) is 0.402. The number of pyridine rings is 1. The van der Waals surface area contributed by atoms with Gasteiger partial charge in [-0.05, 0) is 50.6 Å². The zero-order valence-corrected chi connectivity index (χ0v) is 19.9. The van der Waals surface area contributed by atoms with Gasteiger partial charge in [-0.3, -0.25) is 4.79 Å². The molecule has 1 unspecified atom stereocenters. The summed E-state index contributed by atoms with van der Waals surface area (Å²) in [5, 5.41) is 5.66. The summed E-state index contributed by atoms with van der Waals surface area (Å²) in [6.07, 6.45) is -0.467. The molecule has 0 saturated carbocycles. The first kappa shape index (κ1) is 28.0. The molecule has 3 heterocycles. The van der Waals surface area contributed by atoms with Crippen molar-refractivity contribution in [3.63, 3.8) is 0 Å². The monoisotopic (exact) mass is 544 g/mol. The lowest BCUT2D eigenvalue weighted by Crippen LogP contribution is -2.22. The van der Waals surface area contributed by atoms with Gasteiger partial charge < -0.3 is 21.1 Å². The SMILES string of the molecule is Cl.Nc1cc(C(F)(F)F)c(-c2c(F)cccc2F)nc1C(=O)Nc1cncnc1OC1CCCNCC1. The Bertz CT molecular complexity index is 1250. The minimum atomic E-state index is -5.05. The molecule has 0 radical (unpaired) electrons. The third kappa shape index (κ3) is 6.41. The lowest BCUT2D eigenvalue weighted by atomic mass is 10.0. The van der Waals surface area contributed by atoms with Crippen molar-refractivity contribution >= 4 is 29.7 Å². The van der Waals surface area contributed by atoms with E-state index in [1.165, 1.54) is 12.5 Å². The van der Waals surface area contributed by atoms with Gasteiger partial charge in [0, 0.05) is 0 Å². The van der Waals surface area contributed by atoms with Gasteiger partial charge in [0.2, 0.25) is 5.88 Å². The van der Waals surface area contributed by atoms with E-state index in [4.69, 9.17) is 10.5 Å². The number of ether oxygens (including phenoxy) is 1. The molecule has 8 nitrogen and oxygen atoms in total. The number of benzene rings is 1. The summed E-state index contributed by atoms with van der Waals surface area (Å²) >= 11 is 0. The Morgan fingerprint density at radius 1 is 1.16 bits per heavy atom. The normalized spacial score (nSPS) is 15.9. The van der Waals surface area contributed by atoms with Crippen molar-refractivity contribution in [1.29, 1.82) is 0 Å². The van der Waals surface area contributed by atoms with Gasteiger partial charge in [0.25, 0.3) is 5.91 Å². The van der Waals surface area contributed by atoms with E-state index in [9.17, 15) is 26.7 Å². The molecule has 1 aliphatic rings. The zero-order chi connectivity index (χ0) is 25.9. The number of amides is 1. The molecule has 1 aliphatic heterocycles. The van der Waals surface area contributed by atoms with E-state index in [-0.39, 0.29) is 30.1 Å². The van der Waals surface area contributed by atoms with Crippen LogP contribution in [0.1, 0.15) is 35.3 Å². The molecule has 37 heavy (non-hydrogen) atoms. The highest BCUT2D eigenvalue weighted by molar-refractivity contribution is 6.07. The molecule has 14 heteroatoms. The van der Waals surface area contributed by atoms with Crippen LogP contribution >= 0.6 is 12.4 Å². The highest BCUT2D eigenvalue weighted by atomic mass is 35.5. The summed E-state index contributed by atoms with van der Waals surface area (Å²) in [5.41, 5.74) is 0.799. The van der Waals surface area contributed by atoms with E-state index >= 15 is 0 Å². The van der Waals surface area contributed by atoms with E-state index in [1.807, 2.05) is 0 Å². The average molecular weight is 545 g/mol. The number of nitrogen functional groups attached to an aromatic ring is 1. The first-order valence-corrected chi connectivity index (χ1v) is 11.0. The standard InChI is InChI=1S/C23H21F5N6O2.ClH/c24-14-4-1-5-15(25)18(14)19-13(23(26,27)28)9-16(29)20(34-19)21(35)33-17-10-31-11-32-22(17)36-12-3-2-7-30-8-6-12;/h1,4-5,9-12,30H,2-3,6-8,29H2,(H,33,35);1H. The van der Waals surface area contributed by atoms with Crippen LogP contribution in [0.5, 0.6) is 5.88 Å². The van der Waals surface area contributed by atoms with Crippen molar-refractivity contribution in [2.75, 3.05) is 24.1 Å². The molecule has 1 atom stereocenters. The predicted octanol–water partition coefficient (Wildman–Crippen LogP) is 4.61. The van der Waals surface area contributed by atoms with Crippen molar-refractivity contribution in [2.24, 2.45) is 0 Å². The van der Waals surface area contributed by atoms with Gasteiger partial charge in [0.15, 0.2) is 5.69 Å². The molecule has 0 spiro atoms. The Hall–Kier alpha value is -3.58. The molecule has 0 aliphatic carbocycles. The highest BCUT2D eigenvalue weighted by Crippen LogP contribution is 2.39. The minimum Gasteiger partial charge on any atom is -0.473 e. The summed E-state index contributed by atoms with van der Waals surface area (Å²) in [4.78, 5) is 24.5. The lowest BCUT2D eigenvalue weighted by Gasteiger charge is -2.19. The maximum absolute atomic E-state index is 14.4. The van der Waals surface area contributed by atoms with Crippen LogP contribution in [0.2, 0.25) is 0 Å². The highest BCUT2D eigenvalue weighted by Gasteiger charge is 2.37. The molecule has 4 rings (SSSR count). The fraction of sp³-hybridized carbons (Fsp3) is 0.304. The number of anilines is 2. The molecule has 2 aromatic heterocycles. The first-order chi connectivity index (χ1) is 17.1. The number of alkyl halides is 3. The smallest absolute Gasteiger partial charge is 0.418 e. The van der Waals surface area contributed by atoms with E-state index in [0.29, 0.717) is 12.5 Å². The summed E-state index contributed by atoms with van der Waals surface area (Å²) < 4.78 is 75.7. The van der Waals surface area contributed by atoms with E-state index in [1.54, 1.807) is 0 Å². The Morgan fingerprint density at radius 3 is 2.59 bits per heavy atom. The minimum absolute atomic E-state index is 0. The molecule has 1 amide bonds. The van der Waals surface area contributed by atoms with Crippen molar-refractivity contribution in [2.45, 2.75) is 31.5 Å². The summed E-state index contributed by atoms with van der Waals surface area (Å²) in [6, 6.07) is 2.97. The number of nitrogens with zero attached hydrogens (tertiary/aromatic N) is 3. The molecular formula is C23H22ClF5N6O2. The number of hydrogen-bond donors (Lipinski definition) is 3. The maximum Gasteiger partial charge on any atom is 0.418 e. The van der Waals surface area contributed by atoms with Gasteiger partial charge in [-0.1, -0.05) is 6.07 Å². The molecule has 1 aromatic carbocycles. The summed E-state index contributed by atoms with van der Waals surface area (Å²) in [6.45, 7) is 1.58. The Kier molecular flexibility index (Phi) is 8.81. The zero-order valence-electron chi connectivity index (χ0n) is 19.1. The second-order valence-electron chi connectivity index (χ2n) is 8.03. The number of carbonyl (C=O) groups excluding carboxylic acids is 1. The maximum atomic E-state index is 14.4. The van der Waals surface area contributed by atoms with Gasteiger partial charge in [0.1, 0.15) is 29.8 Å². The second-order valence-corrected chi connectivity index (χ2v) is 8.03. The lowest BCUT2D eigenvalue weighted by molar-refractivity contribution is -0.137. The van der Waals surface area contributed by atoms with Crippen molar-refractivity contribution in [3.05, 3.63) is 59.7 Å². The molecular weight excluding hydrogens is 523 g/mol. The van der Waals surface area contributed by atoms with Gasteiger partial charge in [-0.2, -0.15) is 18.2 Å². The van der Waals surface area contributed by atoms with E-state index < -0.39 is 51.9 Å². The topological polar surface area (TPSA) is 115 Å². The van der Waals surface area contributed by atoms with Crippen molar-refractivity contribution < 1.29 is 31.5 Å². The number of aromatic nitrogens is 3. The van der Waals surface area contributed by atoms with Crippen molar-refractivity contribution in [3.8, 4) is 17.1 Å². The van der Waals surface area contributed by atoms with Crippen LogP contribution in [0.4, 0.5) is 33.3 Å². The molecule has 198 valence electrons. The van der Waals surface area contributed by atoms with Gasteiger partial charge in [-0.15, -0.1) is 12.4 Å². The molecule has 0 bridgehead atoms. The third-order valence-corrected chi connectivity index (χ3v) is 5.50. The Balaban J connectivity index is 0.00000380. The van der Waals surface area contributed by atoms with E-state index in [0.717, 1.165) is 44.1 Å². The number of halogens is 6. The molecule has 1 fully saturated rings. The van der Waals surface area contributed by atoms with Gasteiger partial charge in [0.05, 0.1) is 28.7 Å². The van der Waals surface area contributed by atoms with Crippen LogP contribution in [0.25, 0.3) is 11.3 Å². The largest absolute Gasteiger partial charge is 0.473 e. The fourth-order valence-electron chi connectivity index (χ4n) is 3.78. The van der Waals surface area contributed by atoms with Crippen LogP contribution in [0, 0.1) is 11.6 Å². The number of carbonyl (C=O) groups is 1. The van der Waals surface area contributed by atoms with Gasteiger partial charge >= 0.3 is 6.18 Å². The molecule has 3 aromatic rings. The Labute approximate surface area is 214 Å². The average Bonchev–Trinajstić information content (AvgIpc) is 3.09. The predicted molar refractivity (Wildman–Crippen MR) is 127 cm³/mol. The fourth-order valence-corrected chi connectivity index (χ4v) is 3.78. The molecule has 4 N–H and O–H groups in total. The third-order valence-electron chi connectivity index (χ3n) is 5.50. The molecule has 1 saturated heterocycles.